The standard InChI is InChI=1S/C16H11I2N3O2S/c17-11-3-1-10(2-4-11)15-20-21-16(23-15)24-9-14(22)19-13-7-5-12(18)6-8-13/h1-8H,9H2,(H,19,22). The van der Waals surface area contributed by atoms with Crippen molar-refractivity contribution in [1.82, 2.24) is 10.2 Å². The lowest BCUT2D eigenvalue weighted by Crippen LogP contribution is -2.13. The van der Waals surface area contributed by atoms with Crippen molar-refractivity contribution in [3.05, 3.63) is 55.7 Å². The number of halogens is 2. The number of anilines is 1. The predicted octanol–water partition coefficient (Wildman–Crippen LogP) is 4.68. The molecule has 3 rings (SSSR count). The van der Waals surface area contributed by atoms with Crippen LogP contribution in [-0.2, 0) is 4.79 Å². The summed E-state index contributed by atoms with van der Waals surface area (Å²) < 4.78 is 7.84. The quantitative estimate of drug-likeness (QED) is 0.361. The SMILES string of the molecule is O=C(CSc1nnc(-c2ccc(I)cc2)o1)Nc1ccc(I)cc1. The van der Waals surface area contributed by atoms with E-state index in [1.807, 2.05) is 48.5 Å². The Kier molecular flexibility index (Phi) is 6.11. The number of amides is 1. The number of thioether (sulfide) groups is 1. The van der Waals surface area contributed by atoms with Gasteiger partial charge in [0.1, 0.15) is 0 Å². The molecule has 0 unspecified atom stereocenters. The van der Waals surface area contributed by atoms with Crippen molar-refractivity contribution in [1.29, 1.82) is 0 Å². The van der Waals surface area contributed by atoms with Crippen molar-refractivity contribution in [3.63, 3.8) is 0 Å². The van der Waals surface area contributed by atoms with Crippen LogP contribution < -0.4 is 5.32 Å². The number of aromatic nitrogens is 2. The highest BCUT2D eigenvalue weighted by molar-refractivity contribution is 14.1. The number of nitrogens with zero attached hydrogens (tertiary/aromatic N) is 2. The van der Waals surface area contributed by atoms with Gasteiger partial charge in [0.25, 0.3) is 5.22 Å². The molecule has 0 radical (unpaired) electrons. The Morgan fingerprint density at radius 2 is 1.62 bits per heavy atom. The molecule has 0 spiro atoms. The van der Waals surface area contributed by atoms with Gasteiger partial charge in [0.2, 0.25) is 11.8 Å². The van der Waals surface area contributed by atoms with Crippen molar-refractivity contribution >= 4 is 68.5 Å². The van der Waals surface area contributed by atoms with Crippen LogP contribution in [0.4, 0.5) is 5.69 Å². The first-order valence-electron chi connectivity index (χ1n) is 6.88. The summed E-state index contributed by atoms with van der Waals surface area (Å²) in [4.78, 5) is 12.0. The topological polar surface area (TPSA) is 68.0 Å². The van der Waals surface area contributed by atoms with Gasteiger partial charge >= 0.3 is 0 Å². The van der Waals surface area contributed by atoms with E-state index in [0.29, 0.717) is 11.1 Å². The number of rotatable bonds is 5. The van der Waals surface area contributed by atoms with Crippen molar-refractivity contribution in [2.45, 2.75) is 5.22 Å². The molecule has 0 fully saturated rings. The highest BCUT2D eigenvalue weighted by atomic mass is 127. The minimum atomic E-state index is -0.116. The van der Waals surface area contributed by atoms with E-state index in [-0.39, 0.29) is 11.7 Å². The summed E-state index contributed by atoms with van der Waals surface area (Å²) in [5, 5.41) is 11.2. The summed E-state index contributed by atoms with van der Waals surface area (Å²) in [6.07, 6.45) is 0. The molecule has 3 aromatic rings. The zero-order chi connectivity index (χ0) is 16.9. The van der Waals surface area contributed by atoms with E-state index < -0.39 is 0 Å². The van der Waals surface area contributed by atoms with Gasteiger partial charge in [-0.25, -0.2) is 0 Å². The molecule has 122 valence electrons. The number of carbonyl (C=O) groups excluding carboxylic acids is 1. The highest BCUT2D eigenvalue weighted by Crippen LogP contribution is 2.24. The molecule has 0 aliphatic carbocycles. The van der Waals surface area contributed by atoms with Gasteiger partial charge in [0, 0.05) is 18.4 Å². The molecule has 1 amide bonds. The van der Waals surface area contributed by atoms with Gasteiger partial charge in [-0.2, -0.15) is 0 Å². The second-order valence-electron chi connectivity index (χ2n) is 4.72. The summed E-state index contributed by atoms with van der Waals surface area (Å²) in [5.74, 6) is 0.544. The number of benzene rings is 2. The van der Waals surface area contributed by atoms with Gasteiger partial charge in [0.15, 0.2) is 0 Å². The third-order valence-electron chi connectivity index (χ3n) is 2.95. The lowest BCUT2D eigenvalue weighted by atomic mass is 10.2. The predicted molar refractivity (Wildman–Crippen MR) is 111 cm³/mol. The second kappa shape index (κ2) is 8.30. The monoisotopic (exact) mass is 563 g/mol. The van der Waals surface area contributed by atoms with Crippen molar-refractivity contribution in [2.75, 3.05) is 11.1 Å². The molecule has 1 aromatic heterocycles. The molecule has 1 N–H and O–H groups in total. The van der Waals surface area contributed by atoms with Crippen molar-refractivity contribution in [3.8, 4) is 11.5 Å². The van der Waals surface area contributed by atoms with E-state index in [4.69, 9.17) is 4.42 Å². The molecule has 2 aromatic carbocycles. The average molecular weight is 563 g/mol. The van der Waals surface area contributed by atoms with Gasteiger partial charge in [-0.1, -0.05) is 11.8 Å². The maximum atomic E-state index is 12.0. The third-order valence-corrected chi connectivity index (χ3v) is 5.21. The molecule has 1 heterocycles. The largest absolute Gasteiger partial charge is 0.411 e. The lowest BCUT2D eigenvalue weighted by Gasteiger charge is -2.03. The van der Waals surface area contributed by atoms with Crippen LogP contribution in [0.15, 0.2) is 58.2 Å². The van der Waals surface area contributed by atoms with Crippen LogP contribution in [0.2, 0.25) is 0 Å². The molecule has 24 heavy (non-hydrogen) atoms. The fourth-order valence-electron chi connectivity index (χ4n) is 1.83. The molecule has 0 aliphatic heterocycles. The first-order valence-corrected chi connectivity index (χ1v) is 10.0. The summed E-state index contributed by atoms with van der Waals surface area (Å²) in [6, 6.07) is 15.4. The third kappa shape index (κ3) is 4.93. The summed E-state index contributed by atoms with van der Waals surface area (Å²) in [5.41, 5.74) is 1.63. The summed E-state index contributed by atoms with van der Waals surface area (Å²) in [7, 11) is 0. The van der Waals surface area contributed by atoms with E-state index in [0.717, 1.165) is 18.4 Å². The first-order chi connectivity index (χ1) is 11.6. The molecule has 0 saturated heterocycles. The minimum absolute atomic E-state index is 0.116. The zero-order valence-corrected chi connectivity index (χ0v) is 17.3. The molecule has 0 bridgehead atoms. The second-order valence-corrected chi connectivity index (χ2v) is 8.14. The molecule has 0 saturated carbocycles. The van der Waals surface area contributed by atoms with Crippen LogP contribution in [0.5, 0.6) is 0 Å². The zero-order valence-electron chi connectivity index (χ0n) is 12.2. The lowest BCUT2D eigenvalue weighted by molar-refractivity contribution is -0.113. The fourth-order valence-corrected chi connectivity index (χ4v) is 3.12. The summed E-state index contributed by atoms with van der Waals surface area (Å²) >= 11 is 5.67. The number of nitrogens with one attached hydrogen (secondary N) is 1. The van der Waals surface area contributed by atoms with Crippen LogP contribution in [0.3, 0.4) is 0 Å². The van der Waals surface area contributed by atoms with Crippen LogP contribution in [0, 0.1) is 7.14 Å². The minimum Gasteiger partial charge on any atom is -0.411 e. The van der Waals surface area contributed by atoms with Crippen LogP contribution in [0.1, 0.15) is 0 Å². The van der Waals surface area contributed by atoms with E-state index >= 15 is 0 Å². The van der Waals surface area contributed by atoms with E-state index in [1.165, 1.54) is 11.8 Å². The van der Waals surface area contributed by atoms with E-state index in [2.05, 4.69) is 60.7 Å². The van der Waals surface area contributed by atoms with Crippen molar-refractivity contribution < 1.29 is 9.21 Å². The smallest absolute Gasteiger partial charge is 0.277 e. The molecule has 0 aliphatic rings. The van der Waals surface area contributed by atoms with Crippen LogP contribution >= 0.6 is 56.9 Å². The Morgan fingerprint density at radius 1 is 1.00 bits per heavy atom. The van der Waals surface area contributed by atoms with Gasteiger partial charge in [0.05, 0.1) is 5.75 Å². The number of hydrogen-bond donors (Lipinski definition) is 1. The molecule has 8 heteroatoms. The molecular weight excluding hydrogens is 552 g/mol. The molecular formula is C16H11I2N3O2S. The van der Waals surface area contributed by atoms with Crippen LogP contribution in [0.25, 0.3) is 11.5 Å². The Morgan fingerprint density at radius 3 is 2.29 bits per heavy atom. The maximum Gasteiger partial charge on any atom is 0.277 e. The molecule has 5 nitrogen and oxygen atoms in total. The van der Waals surface area contributed by atoms with Gasteiger partial charge < -0.3 is 9.73 Å². The maximum absolute atomic E-state index is 12.0. The Labute approximate surface area is 170 Å². The average Bonchev–Trinajstić information content (AvgIpc) is 3.05. The van der Waals surface area contributed by atoms with Crippen LogP contribution in [-0.4, -0.2) is 21.9 Å². The van der Waals surface area contributed by atoms with Gasteiger partial charge in [-0.05, 0) is 93.7 Å². The highest BCUT2D eigenvalue weighted by Gasteiger charge is 2.11. The van der Waals surface area contributed by atoms with E-state index in [9.17, 15) is 4.79 Å². The van der Waals surface area contributed by atoms with Gasteiger partial charge in [-0.15, -0.1) is 10.2 Å². The Balaban J connectivity index is 1.56. The Hall–Kier alpha value is -1.14. The van der Waals surface area contributed by atoms with Gasteiger partial charge in [-0.3, -0.25) is 4.79 Å². The summed E-state index contributed by atoms with van der Waals surface area (Å²) in [6.45, 7) is 0. The number of carbonyl (C=O) groups is 1. The van der Waals surface area contributed by atoms with Crippen molar-refractivity contribution in [2.24, 2.45) is 0 Å². The molecule has 0 atom stereocenters. The normalized spacial score (nSPS) is 10.6. The fraction of sp³-hybridized carbons (Fsp3) is 0.0625. The Bertz CT molecular complexity index is 835. The first kappa shape index (κ1) is 17.7. The van der Waals surface area contributed by atoms with E-state index in [1.54, 1.807) is 0 Å². The number of hydrogen-bond acceptors (Lipinski definition) is 5.